The molecule has 0 atom stereocenters. The summed E-state index contributed by atoms with van der Waals surface area (Å²) in [7, 11) is -2.70. The first kappa shape index (κ1) is 26.7. The molecule has 10 rings (SSSR count). The Bertz CT molecular complexity index is 2220. The Kier molecular flexibility index (Phi) is 5.83. The van der Waals surface area contributed by atoms with Crippen LogP contribution in [0.4, 0.5) is 17.1 Å². The van der Waals surface area contributed by atoms with Crippen LogP contribution in [-0.2, 0) is 0 Å². The topological polar surface area (TPSA) is 21.7 Å². The number of ether oxygens (including phenoxy) is 2. The van der Waals surface area contributed by atoms with Crippen molar-refractivity contribution in [2.45, 2.75) is 9.79 Å². The predicted molar refractivity (Wildman–Crippen MR) is 194 cm³/mol. The number of anilines is 3. The van der Waals surface area contributed by atoms with Gasteiger partial charge in [-0.05, 0) is 92.5 Å². The second-order valence-corrected chi connectivity index (χ2v) is 16.8. The number of fused-ring (bicyclic) bond motifs is 10. The van der Waals surface area contributed by atoms with Crippen molar-refractivity contribution in [2.24, 2.45) is 0 Å². The summed E-state index contributed by atoms with van der Waals surface area (Å²) in [6.07, 6.45) is 0. The molecule has 3 nitrogen and oxygen atoms in total. The molecule has 3 heterocycles. The van der Waals surface area contributed by atoms with E-state index in [2.05, 4.69) is 144 Å². The van der Waals surface area contributed by atoms with Crippen molar-refractivity contribution < 1.29 is 9.47 Å². The van der Waals surface area contributed by atoms with Crippen LogP contribution in [0.1, 0.15) is 0 Å². The van der Waals surface area contributed by atoms with Crippen molar-refractivity contribution in [3.8, 4) is 34.1 Å². The van der Waals surface area contributed by atoms with Gasteiger partial charge in [0.2, 0.25) is 0 Å². The van der Waals surface area contributed by atoms with E-state index >= 15 is 0 Å². The maximum Gasteiger partial charge on any atom is 0.190 e. The van der Waals surface area contributed by atoms with Crippen LogP contribution >= 0.6 is 11.8 Å². The third-order valence-electron chi connectivity index (χ3n) is 9.59. The predicted octanol–water partition coefficient (Wildman–Crippen LogP) is 8.88. The molecular formula is C42H27NO2SSi. The van der Waals surface area contributed by atoms with Gasteiger partial charge in [-0.1, -0.05) is 115 Å². The summed E-state index contributed by atoms with van der Waals surface area (Å²) in [4.78, 5) is 4.95. The van der Waals surface area contributed by atoms with E-state index in [1.807, 2.05) is 36.0 Å². The van der Waals surface area contributed by atoms with Crippen LogP contribution in [0.15, 0.2) is 174 Å². The second kappa shape index (κ2) is 10.3. The zero-order chi connectivity index (χ0) is 31.0. The molecule has 3 aliphatic rings. The fourth-order valence-electron chi connectivity index (χ4n) is 7.58. The summed E-state index contributed by atoms with van der Waals surface area (Å²) < 4.78 is 12.8. The smallest absolute Gasteiger partial charge is 0.190 e. The highest BCUT2D eigenvalue weighted by atomic mass is 32.2. The normalized spacial score (nSPS) is 14.3. The van der Waals surface area contributed by atoms with Gasteiger partial charge in [-0.3, -0.25) is 0 Å². The molecule has 7 aromatic rings. The fraction of sp³-hybridized carbons (Fsp3) is 0. The lowest BCUT2D eigenvalue weighted by Gasteiger charge is -2.43. The molecule has 0 bridgehead atoms. The Morgan fingerprint density at radius 2 is 0.894 bits per heavy atom. The number of para-hydroxylation sites is 6. The largest absolute Gasteiger partial charge is 0.458 e. The minimum absolute atomic E-state index is 0.857. The minimum atomic E-state index is -2.70. The number of rotatable bonds is 2. The van der Waals surface area contributed by atoms with Crippen LogP contribution in [0.5, 0.6) is 23.0 Å². The standard InChI is InChI=1S/C42H27NO2SSi/c1-3-13-33-31(11-1)43(32-12-2-4-14-34(32)44-33)30-24-21-28(22-25-30)29-23-26-38-42(27-29)47(41-20-10-7-17-37(41)46-38)39-18-8-5-15-35(39)45-36-16-6-9-19-40(36)47/h1-27H. The van der Waals surface area contributed by atoms with E-state index in [9.17, 15) is 0 Å². The van der Waals surface area contributed by atoms with Gasteiger partial charge in [0.15, 0.2) is 19.6 Å². The number of hydrogen-bond donors (Lipinski definition) is 0. The summed E-state index contributed by atoms with van der Waals surface area (Å²) >= 11 is 1.89. The van der Waals surface area contributed by atoms with Crippen molar-refractivity contribution in [3.63, 3.8) is 0 Å². The van der Waals surface area contributed by atoms with E-state index in [0.29, 0.717) is 0 Å². The molecule has 0 radical (unpaired) electrons. The van der Waals surface area contributed by atoms with Crippen LogP contribution in [-0.4, -0.2) is 8.07 Å². The number of hydrogen-bond acceptors (Lipinski definition) is 4. The van der Waals surface area contributed by atoms with Crippen LogP contribution in [0.3, 0.4) is 0 Å². The zero-order valence-electron chi connectivity index (χ0n) is 25.3. The summed E-state index contributed by atoms with van der Waals surface area (Å²) in [6, 6.07) is 58.9. The first-order valence-corrected chi connectivity index (χ1v) is 18.7. The second-order valence-electron chi connectivity index (χ2n) is 12.1. The van der Waals surface area contributed by atoms with Gasteiger partial charge in [0.05, 0.1) is 11.4 Å². The van der Waals surface area contributed by atoms with Gasteiger partial charge in [0.25, 0.3) is 0 Å². The average molecular weight is 638 g/mol. The fourth-order valence-corrected chi connectivity index (χ4v) is 14.7. The van der Waals surface area contributed by atoms with Gasteiger partial charge in [-0.25, -0.2) is 0 Å². The molecule has 0 saturated heterocycles. The SMILES string of the molecule is c1ccc2c(c1)Oc1ccccc1N2c1ccc(-c2ccc3c(c2)[Si]2(c4ccccc4Oc4ccccc42)c2ccccc2S3)cc1. The molecule has 0 unspecified atom stereocenters. The van der Waals surface area contributed by atoms with E-state index in [-0.39, 0.29) is 0 Å². The highest BCUT2D eigenvalue weighted by Crippen LogP contribution is 2.50. The number of nitrogens with zero attached hydrogens (tertiary/aromatic N) is 1. The lowest BCUT2D eigenvalue weighted by molar-refractivity contribution is 0.477. The molecule has 47 heavy (non-hydrogen) atoms. The van der Waals surface area contributed by atoms with Crippen LogP contribution in [0.25, 0.3) is 11.1 Å². The van der Waals surface area contributed by atoms with Crippen molar-refractivity contribution >= 4 is 57.6 Å². The number of benzene rings is 7. The Morgan fingerprint density at radius 1 is 0.404 bits per heavy atom. The summed E-state index contributed by atoms with van der Waals surface area (Å²) in [5.74, 6) is 3.64. The Balaban J connectivity index is 1.15. The molecule has 3 aliphatic heterocycles. The molecule has 0 N–H and O–H groups in total. The molecular weight excluding hydrogens is 611 g/mol. The Hall–Kier alpha value is -5.49. The first-order chi connectivity index (χ1) is 23.3. The van der Waals surface area contributed by atoms with Gasteiger partial charge in [-0.2, -0.15) is 0 Å². The molecule has 0 fully saturated rings. The maximum absolute atomic E-state index is 6.59. The van der Waals surface area contributed by atoms with Gasteiger partial charge >= 0.3 is 0 Å². The van der Waals surface area contributed by atoms with Gasteiger partial charge in [-0.15, -0.1) is 0 Å². The van der Waals surface area contributed by atoms with Crippen molar-refractivity contribution in [3.05, 3.63) is 164 Å². The van der Waals surface area contributed by atoms with Crippen LogP contribution in [0.2, 0.25) is 0 Å². The summed E-state index contributed by atoms with van der Waals surface area (Å²) in [6.45, 7) is 0. The Labute approximate surface area is 278 Å². The molecule has 0 aromatic heterocycles. The van der Waals surface area contributed by atoms with Crippen molar-refractivity contribution in [1.82, 2.24) is 0 Å². The highest BCUT2D eigenvalue weighted by Gasteiger charge is 2.52. The molecule has 7 aromatic carbocycles. The van der Waals surface area contributed by atoms with E-state index < -0.39 is 8.07 Å². The molecule has 5 heteroatoms. The van der Waals surface area contributed by atoms with Crippen LogP contribution < -0.4 is 35.1 Å². The zero-order valence-corrected chi connectivity index (χ0v) is 27.1. The summed E-state index contributed by atoms with van der Waals surface area (Å²) in [5, 5.41) is 5.47. The monoisotopic (exact) mass is 637 g/mol. The van der Waals surface area contributed by atoms with E-state index in [1.54, 1.807) is 0 Å². The lowest BCUT2D eigenvalue weighted by Crippen LogP contribution is -2.77. The molecule has 0 aliphatic carbocycles. The van der Waals surface area contributed by atoms with Crippen molar-refractivity contribution in [2.75, 3.05) is 4.90 Å². The van der Waals surface area contributed by atoms with Crippen LogP contribution in [0, 0.1) is 0 Å². The lowest BCUT2D eigenvalue weighted by atomic mass is 10.0. The maximum atomic E-state index is 6.59. The van der Waals surface area contributed by atoms with E-state index in [0.717, 1.165) is 40.1 Å². The molecule has 0 amide bonds. The molecule has 1 spiro atoms. The van der Waals surface area contributed by atoms with Gasteiger partial charge < -0.3 is 14.4 Å². The van der Waals surface area contributed by atoms with E-state index in [4.69, 9.17) is 9.47 Å². The molecule has 0 saturated carbocycles. The van der Waals surface area contributed by atoms with Crippen molar-refractivity contribution in [1.29, 1.82) is 0 Å². The quantitative estimate of drug-likeness (QED) is 0.177. The van der Waals surface area contributed by atoms with Gasteiger partial charge in [0, 0.05) is 15.5 Å². The first-order valence-electron chi connectivity index (χ1n) is 15.8. The van der Waals surface area contributed by atoms with E-state index in [1.165, 1.54) is 41.7 Å². The van der Waals surface area contributed by atoms with Gasteiger partial charge in [0.1, 0.15) is 11.5 Å². The minimum Gasteiger partial charge on any atom is -0.458 e. The highest BCUT2D eigenvalue weighted by molar-refractivity contribution is 8.00. The summed E-state index contributed by atoms with van der Waals surface area (Å²) in [5.41, 5.74) is 5.57. The average Bonchev–Trinajstić information content (AvgIpc) is 3.14. The third-order valence-corrected chi connectivity index (χ3v) is 16.0. The molecule has 222 valence electrons. The third kappa shape index (κ3) is 3.87. The Morgan fingerprint density at radius 3 is 1.55 bits per heavy atom.